The number of hydrogen-bond donors (Lipinski definition) is 3. The van der Waals surface area contributed by atoms with Crippen molar-refractivity contribution in [1.29, 1.82) is 0 Å². The van der Waals surface area contributed by atoms with Crippen LogP contribution in [0.15, 0.2) is 52.1 Å². The van der Waals surface area contributed by atoms with E-state index in [1.165, 1.54) is 0 Å². The van der Waals surface area contributed by atoms with Crippen LogP contribution in [-0.4, -0.2) is 44.4 Å². The minimum absolute atomic E-state index is 0.261. The number of rotatable bonds is 11. The van der Waals surface area contributed by atoms with Crippen molar-refractivity contribution < 1.29 is 19.0 Å². The zero-order chi connectivity index (χ0) is 19.3. The predicted octanol–water partition coefficient (Wildman–Crippen LogP) is 2.48. The van der Waals surface area contributed by atoms with Gasteiger partial charge in [-0.1, -0.05) is 12.1 Å². The second-order valence-electron chi connectivity index (χ2n) is 5.92. The Balaban J connectivity index is 1.72. The summed E-state index contributed by atoms with van der Waals surface area (Å²) in [5.41, 5.74) is 0.778. The quantitative estimate of drug-likeness (QED) is 0.318. The maximum absolute atomic E-state index is 10.3. The standard InChI is InChI=1S/C20H29N3O4/c1-3-21-20(22-10-6-11-26-15-18-9-5-12-27-18)23-14-19(24)16-7-4-8-17(13-16)25-2/h4-5,7-9,12-13,19,24H,3,6,10-11,14-15H2,1-2H3,(H2,21,22,23). The van der Waals surface area contributed by atoms with Gasteiger partial charge in [0.1, 0.15) is 18.1 Å². The highest BCUT2D eigenvalue weighted by Gasteiger charge is 2.08. The average Bonchev–Trinajstić information content (AvgIpc) is 3.21. The normalized spacial score (nSPS) is 12.6. The number of aliphatic hydroxyl groups is 1. The molecule has 1 aromatic heterocycles. The second-order valence-corrected chi connectivity index (χ2v) is 5.92. The number of guanidine groups is 1. The van der Waals surface area contributed by atoms with Gasteiger partial charge in [-0.15, -0.1) is 0 Å². The monoisotopic (exact) mass is 375 g/mol. The van der Waals surface area contributed by atoms with Gasteiger partial charge in [-0.2, -0.15) is 0 Å². The number of aliphatic imine (C=N–C) groups is 1. The van der Waals surface area contributed by atoms with Gasteiger partial charge in [0.2, 0.25) is 0 Å². The fourth-order valence-electron chi connectivity index (χ4n) is 2.42. The van der Waals surface area contributed by atoms with E-state index in [0.717, 1.165) is 36.6 Å². The van der Waals surface area contributed by atoms with Crippen LogP contribution in [0.25, 0.3) is 0 Å². The van der Waals surface area contributed by atoms with E-state index in [-0.39, 0.29) is 6.54 Å². The number of benzene rings is 1. The van der Waals surface area contributed by atoms with Crippen LogP contribution < -0.4 is 15.4 Å². The van der Waals surface area contributed by atoms with Crippen molar-refractivity contribution in [3.8, 4) is 5.75 Å². The molecular formula is C20H29N3O4. The van der Waals surface area contributed by atoms with E-state index in [2.05, 4.69) is 15.6 Å². The minimum atomic E-state index is -0.688. The lowest BCUT2D eigenvalue weighted by Crippen LogP contribution is -2.38. The first kappa shape index (κ1) is 20.8. The van der Waals surface area contributed by atoms with Crippen LogP contribution in [0.5, 0.6) is 5.75 Å². The van der Waals surface area contributed by atoms with Crippen LogP contribution in [0.2, 0.25) is 0 Å². The van der Waals surface area contributed by atoms with Gasteiger partial charge >= 0.3 is 0 Å². The van der Waals surface area contributed by atoms with Gasteiger partial charge in [0, 0.05) is 19.7 Å². The van der Waals surface area contributed by atoms with Crippen LogP contribution >= 0.6 is 0 Å². The Labute approximate surface area is 160 Å². The zero-order valence-corrected chi connectivity index (χ0v) is 16.0. The lowest BCUT2D eigenvalue weighted by atomic mass is 10.1. The Kier molecular flexibility index (Phi) is 9.23. The molecule has 1 atom stereocenters. The number of aliphatic hydroxyl groups excluding tert-OH is 1. The SMILES string of the molecule is CCNC(=NCC(O)c1cccc(OC)c1)NCCCOCc1ccco1. The van der Waals surface area contributed by atoms with Crippen LogP contribution in [-0.2, 0) is 11.3 Å². The largest absolute Gasteiger partial charge is 0.497 e. The number of hydrogen-bond acceptors (Lipinski definition) is 5. The Morgan fingerprint density at radius 3 is 2.89 bits per heavy atom. The Morgan fingerprint density at radius 1 is 1.26 bits per heavy atom. The Hall–Kier alpha value is -2.51. The fourth-order valence-corrected chi connectivity index (χ4v) is 2.42. The highest BCUT2D eigenvalue weighted by Crippen LogP contribution is 2.19. The Morgan fingerprint density at radius 2 is 2.15 bits per heavy atom. The first-order valence-electron chi connectivity index (χ1n) is 9.17. The summed E-state index contributed by atoms with van der Waals surface area (Å²) in [4.78, 5) is 4.45. The van der Waals surface area contributed by atoms with E-state index in [9.17, 15) is 5.11 Å². The molecule has 0 saturated carbocycles. The van der Waals surface area contributed by atoms with Gasteiger partial charge in [-0.05, 0) is 43.2 Å². The van der Waals surface area contributed by atoms with Crippen LogP contribution in [0, 0.1) is 0 Å². The first-order valence-corrected chi connectivity index (χ1v) is 9.17. The zero-order valence-electron chi connectivity index (χ0n) is 16.0. The van der Waals surface area contributed by atoms with E-state index in [4.69, 9.17) is 13.9 Å². The van der Waals surface area contributed by atoms with Crippen molar-refractivity contribution in [3.05, 3.63) is 54.0 Å². The van der Waals surface area contributed by atoms with Crippen molar-refractivity contribution in [2.75, 3.05) is 33.4 Å². The summed E-state index contributed by atoms with van der Waals surface area (Å²) in [5.74, 6) is 2.21. The highest BCUT2D eigenvalue weighted by atomic mass is 16.5. The molecular weight excluding hydrogens is 346 g/mol. The van der Waals surface area contributed by atoms with Crippen LogP contribution in [0.3, 0.4) is 0 Å². The smallest absolute Gasteiger partial charge is 0.191 e. The number of furan rings is 1. The second kappa shape index (κ2) is 12.0. The van der Waals surface area contributed by atoms with E-state index in [1.807, 2.05) is 43.3 Å². The molecule has 0 radical (unpaired) electrons. The molecule has 148 valence electrons. The molecule has 2 rings (SSSR count). The van der Waals surface area contributed by atoms with E-state index in [1.54, 1.807) is 13.4 Å². The fraction of sp³-hybridized carbons (Fsp3) is 0.450. The predicted molar refractivity (Wildman–Crippen MR) is 105 cm³/mol. The summed E-state index contributed by atoms with van der Waals surface area (Å²) >= 11 is 0. The molecule has 0 aliphatic rings. The summed E-state index contributed by atoms with van der Waals surface area (Å²) in [5, 5.41) is 16.8. The van der Waals surface area contributed by atoms with Crippen molar-refractivity contribution in [2.24, 2.45) is 4.99 Å². The van der Waals surface area contributed by atoms with Crippen molar-refractivity contribution in [3.63, 3.8) is 0 Å². The molecule has 0 spiro atoms. The van der Waals surface area contributed by atoms with Crippen molar-refractivity contribution in [2.45, 2.75) is 26.1 Å². The van der Waals surface area contributed by atoms with E-state index in [0.29, 0.717) is 19.2 Å². The molecule has 1 unspecified atom stereocenters. The summed E-state index contributed by atoms with van der Waals surface area (Å²) in [7, 11) is 1.61. The molecule has 0 bridgehead atoms. The first-order chi connectivity index (χ1) is 13.2. The summed E-state index contributed by atoms with van der Waals surface area (Å²) < 4.78 is 16.0. The van der Waals surface area contributed by atoms with Gasteiger partial charge in [0.15, 0.2) is 5.96 Å². The minimum Gasteiger partial charge on any atom is -0.497 e. The van der Waals surface area contributed by atoms with E-state index >= 15 is 0 Å². The molecule has 3 N–H and O–H groups in total. The maximum Gasteiger partial charge on any atom is 0.191 e. The van der Waals surface area contributed by atoms with Crippen molar-refractivity contribution >= 4 is 5.96 Å². The number of nitrogens with one attached hydrogen (secondary N) is 2. The van der Waals surface area contributed by atoms with Gasteiger partial charge in [-0.25, -0.2) is 0 Å². The average molecular weight is 375 g/mol. The molecule has 1 heterocycles. The van der Waals surface area contributed by atoms with Gasteiger partial charge in [-0.3, -0.25) is 4.99 Å². The van der Waals surface area contributed by atoms with Crippen molar-refractivity contribution in [1.82, 2.24) is 10.6 Å². The molecule has 7 nitrogen and oxygen atoms in total. The van der Waals surface area contributed by atoms with Crippen LogP contribution in [0.1, 0.15) is 30.8 Å². The summed E-state index contributed by atoms with van der Waals surface area (Å²) in [6.45, 7) is 4.84. The molecule has 27 heavy (non-hydrogen) atoms. The van der Waals surface area contributed by atoms with Gasteiger partial charge in [0.25, 0.3) is 0 Å². The third-order valence-electron chi connectivity index (χ3n) is 3.83. The molecule has 0 aliphatic carbocycles. The molecule has 1 aromatic carbocycles. The summed E-state index contributed by atoms with van der Waals surface area (Å²) in [6, 6.07) is 11.1. The Bertz CT molecular complexity index is 674. The van der Waals surface area contributed by atoms with Crippen LogP contribution in [0.4, 0.5) is 0 Å². The summed E-state index contributed by atoms with van der Waals surface area (Å²) in [6.07, 6.45) is 1.79. The number of ether oxygens (including phenoxy) is 2. The van der Waals surface area contributed by atoms with Gasteiger partial charge < -0.3 is 29.6 Å². The lowest BCUT2D eigenvalue weighted by Gasteiger charge is -2.14. The van der Waals surface area contributed by atoms with Gasteiger partial charge in [0.05, 0.1) is 26.0 Å². The molecule has 2 aromatic rings. The maximum atomic E-state index is 10.3. The third-order valence-corrected chi connectivity index (χ3v) is 3.83. The lowest BCUT2D eigenvalue weighted by molar-refractivity contribution is 0.105. The molecule has 0 fully saturated rings. The topological polar surface area (TPSA) is 88.3 Å². The molecule has 0 amide bonds. The number of methoxy groups -OCH3 is 1. The molecule has 0 saturated heterocycles. The third kappa shape index (κ3) is 7.72. The molecule has 0 aliphatic heterocycles. The van der Waals surface area contributed by atoms with E-state index < -0.39 is 6.10 Å². The number of nitrogens with zero attached hydrogens (tertiary/aromatic N) is 1. The molecule has 7 heteroatoms. The highest BCUT2D eigenvalue weighted by molar-refractivity contribution is 5.79.